The zero-order valence-corrected chi connectivity index (χ0v) is 17.9. The van der Waals surface area contributed by atoms with E-state index in [0.29, 0.717) is 11.3 Å². The molecule has 3 atom stereocenters. The number of sulfonamides is 1. The Kier molecular flexibility index (Phi) is 7.56. The molecule has 156 valence electrons. The number of anilines is 1. The summed E-state index contributed by atoms with van der Waals surface area (Å²) in [5.74, 6) is -1.16. The molecular weight excluding hydrogens is 390 g/mol. The van der Waals surface area contributed by atoms with Gasteiger partial charge in [0.15, 0.2) is 6.10 Å². The normalized spacial score (nSPS) is 14.5. The van der Waals surface area contributed by atoms with Gasteiger partial charge in [-0.1, -0.05) is 50.6 Å². The van der Waals surface area contributed by atoms with Crippen LogP contribution in [0.25, 0.3) is 0 Å². The van der Waals surface area contributed by atoms with Crippen LogP contribution in [0.3, 0.4) is 0 Å². The average molecular weight is 418 g/mol. The molecule has 0 fully saturated rings. The van der Waals surface area contributed by atoms with E-state index in [-0.39, 0.29) is 11.7 Å². The van der Waals surface area contributed by atoms with Gasteiger partial charge in [0.1, 0.15) is 0 Å². The minimum Gasteiger partial charge on any atom is -0.454 e. The van der Waals surface area contributed by atoms with Gasteiger partial charge in [0, 0.05) is 11.3 Å². The molecule has 0 saturated carbocycles. The summed E-state index contributed by atoms with van der Waals surface area (Å²) in [5.41, 5.74) is 1.56. The van der Waals surface area contributed by atoms with Gasteiger partial charge in [0.25, 0.3) is 0 Å². The Labute approximate surface area is 172 Å². The number of ether oxygens (including phenoxy) is 1. The monoisotopic (exact) mass is 417 g/mol. The van der Waals surface area contributed by atoms with Crippen molar-refractivity contribution in [2.24, 2.45) is 5.92 Å². The van der Waals surface area contributed by atoms with Crippen molar-refractivity contribution in [3.05, 3.63) is 65.7 Å². The summed E-state index contributed by atoms with van der Waals surface area (Å²) in [7, 11) is -3.39. The number of carbonyl (C=O) groups is 2. The lowest BCUT2D eigenvalue weighted by Gasteiger charge is -2.23. The van der Waals surface area contributed by atoms with Gasteiger partial charge in [-0.15, -0.1) is 0 Å². The third kappa shape index (κ3) is 6.42. The van der Waals surface area contributed by atoms with E-state index in [4.69, 9.17) is 4.74 Å². The molecule has 7 heteroatoms. The Morgan fingerprint density at radius 2 is 1.59 bits per heavy atom. The zero-order valence-electron chi connectivity index (χ0n) is 17.1. The molecule has 6 nitrogen and oxygen atoms in total. The van der Waals surface area contributed by atoms with Crippen LogP contribution < -0.4 is 4.72 Å². The molecule has 0 bridgehead atoms. The molecule has 2 rings (SSSR count). The first-order valence-corrected chi connectivity index (χ1v) is 11.4. The fourth-order valence-corrected chi connectivity index (χ4v) is 3.61. The summed E-state index contributed by atoms with van der Waals surface area (Å²) in [6.45, 7) is 5.54. The molecule has 1 N–H and O–H groups in total. The maximum absolute atomic E-state index is 12.8. The zero-order chi connectivity index (χ0) is 21.6. The largest absolute Gasteiger partial charge is 0.454 e. The smallest absolute Gasteiger partial charge is 0.314 e. The molecule has 0 saturated heterocycles. The van der Waals surface area contributed by atoms with Crippen LogP contribution in [0.1, 0.15) is 49.0 Å². The molecule has 2 aromatic rings. The van der Waals surface area contributed by atoms with Crippen LogP contribution in [0.15, 0.2) is 54.6 Å². The highest BCUT2D eigenvalue weighted by Crippen LogP contribution is 2.29. The van der Waals surface area contributed by atoms with E-state index in [0.717, 1.165) is 18.2 Å². The lowest BCUT2D eigenvalue weighted by molar-refractivity contribution is -0.149. The third-order valence-corrected chi connectivity index (χ3v) is 5.37. The van der Waals surface area contributed by atoms with Crippen LogP contribution in [0.2, 0.25) is 0 Å². The molecule has 29 heavy (non-hydrogen) atoms. The first-order chi connectivity index (χ1) is 13.6. The maximum Gasteiger partial charge on any atom is 0.314 e. The third-order valence-electron chi connectivity index (χ3n) is 4.76. The summed E-state index contributed by atoms with van der Waals surface area (Å²) in [6, 6.07) is 15.4. The number of benzene rings is 2. The van der Waals surface area contributed by atoms with Gasteiger partial charge in [0.2, 0.25) is 15.8 Å². The van der Waals surface area contributed by atoms with E-state index in [1.54, 1.807) is 6.92 Å². The van der Waals surface area contributed by atoms with Crippen molar-refractivity contribution in [2.75, 3.05) is 11.0 Å². The van der Waals surface area contributed by atoms with Gasteiger partial charge in [-0.25, -0.2) is 8.42 Å². The number of nitrogens with one attached hydrogen (secondary N) is 1. The molecule has 0 unspecified atom stereocenters. The SMILES string of the molecule is CC[C@@H](C)[C@@H](C(=O)O[C@@H](C)C(=O)c1ccc(NS(C)(=O)=O)cc1)c1ccccc1. The Morgan fingerprint density at radius 1 is 1.00 bits per heavy atom. The van der Waals surface area contributed by atoms with Crippen LogP contribution in [0.5, 0.6) is 0 Å². The van der Waals surface area contributed by atoms with Crippen LogP contribution in [0, 0.1) is 5.92 Å². The van der Waals surface area contributed by atoms with Gasteiger partial charge in [0.05, 0.1) is 12.2 Å². The standard InChI is InChI=1S/C22H27NO5S/c1-5-15(2)20(17-9-7-6-8-10-17)22(25)28-16(3)21(24)18-11-13-19(14-12-18)23-29(4,26)27/h6-16,20,23H,5H2,1-4H3/t15-,16+,20-/m1/s1. The first-order valence-electron chi connectivity index (χ1n) is 9.50. The van der Waals surface area contributed by atoms with E-state index >= 15 is 0 Å². The topological polar surface area (TPSA) is 89.5 Å². The Balaban J connectivity index is 2.12. The maximum atomic E-state index is 12.8. The van der Waals surface area contributed by atoms with E-state index in [1.807, 2.05) is 44.2 Å². The van der Waals surface area contributed by atoms with Gasteiger partial charge < -0.3 is 4.74 Å². The number of ketones is 1. The molecule has 0 spiro atoms. The second-order valence-electron chi connectivity index (χ2n) is 7.17. The molecule has 0 aliphatic heterocycles. The van der Waals surface area contributed by atoms with Gasteiger partial charge in [-0.2, -0.15) is 0 Å². The van der Waals surface area contributed by atoms with Crippen molar-refractivity contribution in [2.45, 2.75) is 39.2 Å². The minimum atomic E-state index is -3.39. The van der Waals surface area contributed by atoms with Crippen molar-refractivity contribution in [1.82, 2.24) is 0 Å². The van der Waals surface area contributed by atoms with Crippen molar-refractivity contribution >= 4 is 27.5 Å². The van der Waals surface area contributed by atoms with E-state index in [1.165, 1.54) is 24.3 Å². The Morgan fingerprint density at radius 3 is 2.10 bits per heavy atom. The van der Waals surface area contributed by atoms with Crippen LogP contribution in [-0.4, -0.2) is 32.5 Å². The number of rotatable bonds is 9. The molecule has 0 aromatic heterocycles. The van der Waals surface area contributed by atoms with Crippen molar-refractivity contribution in [3.63, 3.8) is 0 Å². The summed E-state index contributed by atoms with van der Waals surface area (Å²) in [6.07, 6.45) is 0.895. The molecule has 0 heterocycles. The van der Waals surface area contributed by atoms with Gasteiger partial charge in [-0.05, 0) is 42.7 Å². The second-order valence-corrected chi connectivity index (χ2v) is 8.92. The van der Waals surface area contributed by atoms with Crippen molar-refractivity contribution < 1.29 is 22.7 Å². The second kappa shape index (κ2) is 9.69. The molecule has 0 amide bonds. The van der Waals surface area contributed by atoms with E-state index < -0.39 is 28.0 Å². The fourth-order valence-electron chi connectivity index (χ4n) is 3.05. The molecule has 2 aromatic carbocycles. The summed E-state index contributed by atoms with van der Waals surface area (Å²) >= 11 is 0. The molecular formula is C22H27NO5S. The summed E-state index contributed by atoms with van der Waals surface area (Å²) in [5, 5.41) is 0. The minimum absolute atomic E-state index is 0.0635. The predicted octanol–water partition coefficient (Wildman–Crippen LogP) is 4.00. The number of esters is 1. The average Bonchev–Trinajstić information content (AvgIpc) is 2.67. The highest BCUT2D eigenvalue weighted by Gasteiger charge is 2.30. The van der Waals surface area contributed by atoms with Crippen molar-refractivity contribution in [3.8, 4) is 0 Å². The summed E-state index contributed by atoms with van der Waals surface area (Å²) in [4.78, 5) is 25.5. The van der Waals surface area contributed by atoms with Crippen LogP contribution in [0.4, 0.5) is 5.69 Å². The Bertz CT molecular complexity index is 939. The lowest BCUT2D eigenvalue weighted by Crippen LogP contribution is -2.30. The Hall–Kier alpha value is -2.67. The molecule has 0 aliphatic rings. The van der Waals surface area contributed by atoms with E-state index in [2.05, 4.69) is 4.72 Å². The van der Waals surface area contributed by atoms with Gasteiger partial charge >= 0.3 is 5.97 Å². The number of Topliss-reactive ketones (excluding diaryl/α,β-unsaturated/α-hetero) is 1. The van der Waals surface area contributed by atoms with Crippen LogP contribution in [-0.2, 0) is 19.6 Å². The number of hydrogen-bond acceptors (Lipinski definition) is 5. The van der Waals surface area contributed by atoms with Gasteiger partial charge in [-0.3, -0.25) is 14.3 Å². The lowest BCUT2D eigenvalue weighted by atomic mass is 9.85. The van der Waals surface area contributed by atoms with Crippen molar-refractivity contribution in [1.29, 1.82) is 0 Å². The molecule has 0 radical (unpaired) electrons. The van der Waals surface area contributed by atoms with Crippen LogP contribution >= 0.6 is 0 Å². The fraction of sp³-hybridized carbons (Fsp3) is 0.364. The first kappa shape index (κ1) is 22.6. The summed E-state index contributed by atoms with van der Waals surface area (Å²) < 4.78 is 30.4. The highest BCUT2D eigenvalue weighted by atomic mass is 32.2. The predicted molar refractivity (Wildman–Crippen MR) is 113 cm³/mol. The van der Waals surface area contributed by atoms with E-state index in [9.17, 15) is 18.0 Å². The highest BCUT2D eigenvalue weighted by molar-refractivity contribution is 7.92. The number of carbonyl (C=O) groups excluding carboxylic acids is 2. The molecule has 0 aliphatic carbocycles. The quantitative estimate of drug-likeness (QED) is 0.492. The number of hydrogen-bond donors (Lipinski definition) is 1.